The van der Waals surface area contributed by atoms with Gasteiger partial charge in [0.1, 0.15) is 30.3 Å². The number of rotatable bonds is 6. The lowest BCUT2D eigenvalue weighted by Gasteiger charge is -2.13. The van der Waals surface area contributed by atoms with E-state index in [1.54, 1.807) is 0 Å². The van der Waals surface area contributed by atoms with E-state index in [0.717, 1.165) is 47.2 Å². The zero-order chi connectivity index (χ0) is 27.3. The molecule has 0 unspecified atom stereocenters. The molecule has 0 atom stereocenters. The van der Waals surface area contributed by atoms with E-state index < -0.39 is 18.1 Å². The summed E-state index contributed by atoms with van der Waals surface area (Å²) in [5, 5.41) is 18.8. The summed E-state index contributed by atoms with van der Waals surface area (Å²) in [5.41, 5.74) is 6.97. The van der Waals surface area contributed by atoms with Crippen LogP contribution in [-0.4, -0.2) is 47.1 Å². The number of furan rings is 1. The van der Waals surface area contributed by atoms with Gasteiger partial charge in [0, 0.05) is 22.9 Å². The maximum absolute atomic E-state index is 10.8. The third-order valence-electron chi connectivity index (χ3n) is 6.09. The fraction of sp³-hybridized carbons (Fsp3) is 0.207. The first-order valence-corrected chi connectivity index (χ1v) is 11.9. The first-order valence-electron chi connectivity index (χ1n) is 11.9. The smallest absolute Gasteiger partial charge is 0.430 e. The van der Waals surface area contributed by atoms with Gasteiger partial charge in [-0.1, -0.05) is 42.5 Å². The molecule has 0 saturated heterocycles. The lowest BCUT2D eigenvalue weighted by Crippen LogP contribution is -2.37. The molecule has 0 bridgehead atoms. The van der Waals surface area contributed by atoms with Crippen LogP contribution in [0, 0.1) is 0 Å². The number of hydrogen-bond acceptors (Lipinski definition) is 4. The quantitative estimate of drug-likeness (QED) is 0.377. The minimum Gasteiger partial charge on any atom is -0.542 e. The molecule has 1 aliphatic heterocycles. The zero-order valence-corrected chi connectivity index (χ0v) is 20.2. The maximum Gasteiger partial charge on any atom is 0.430 e. The number of alkyl halides is 3. The Morgan fingerprint density at radius 3 is 2.39 bits per heavy atom. The standard InChI is InChI=1S/C27H23NO3.C2HF3O2/c29-27(30)11-13-28-12-10-21-16-22(7-8-23(21)18-28)26-17-24-15-20(6-9-25(24)31-26)14-19-4-2-1-3-5-19;3-2(4,5)1(6)7/h1-9,15-18H,10-14H2;(H,6,7). The van der Waals surface area contributed by atoms with E-state index in [-0.39, 0.29) is 6.42 Å². The summed E-state index contributed by atoms with van der Waals surface area (Å²) in [6.07, 6.45) is -1.15. The molecule has 0 spiro atoms. The number of nitrogens with zero attached hydrogens (tertiary/aromatic N) is 1. The van der Waals surface area contributed by atoms with Crippen LogP contribution in [0.1, 0.15) is 28.7 Å². The molecule has 0 saturated carbocycles. The van der Waals surface area contributed by atoms with Crippen molar-refractivity contribution in [2.24, 2.45) is 0 Å². The number of carbonyl (C=O) groups is 2. The highest BCUT2D eigenvalue weighted by molar-refractivity contribution is 5.85. The average Bonchev–Trinajstić information content (AvgIpc) is 3.31. The Morgan fingerprint density at radius 2 is 1.71 bits per heavy atom. The summed E-state index contributed by atoms with van der Waals surface area (Å²) in [6, 6.07) is 25.4. The van der Waals surface area contributed by atoms with Gasteiger partial charge >= 0.3 is 12.1 Å². The molecule has 3 aromatic carbocycles. The zero-order valence-electron chi connectivity index (χ0n) is 20.2. The van der Waals surface area contributed by atoms with Crippen molar-refractivity contribution in [2.45, 2.75) is 25.4 Å². The number of carboxylic acid groups (broad SMARTS) is 2. The van der Waals surface area contributed by atoms with Crippen LogP contribution < -0.4 is 5.11 Å². The van der Waals surface area contributed by atoms with Crippen molar-refractivity contribution in [1.82, 2.24) is 0 Å². The van der Waals surface area contributed by atoms with Crippen LogP contribution in [0.15, 0.2) is 77.2 Å². The van der Waals surface area contributed by atoms with Gasteiger partial charge in [0.05, 0.1) is 0 Å². The predicted octanol–water partition coefficient (Wildman–Crippen LogP) is 4.45. The Balaban J connectivity index is 0.000000426. The third-order valence-corrected chi connectivity index (χ3v) is 6.09. The van der Waals surface area contributed by atoms with E-state index in [9.17, 15) is 18.0 Å². The number of hydrogen-bond donors (Lipinski definition) is 1. The van der Waals surface area contributed by atoms with E-state index in [0.29, 0.717) is 6.54 Å². The van der Waals surface area contributed by atoms with Crippen molar-refractivity contribution in [3.05, 3.63) is 95.1 Å². The van der Waals surface area contributed by atoms with Gasteiger partial charge in [0.2, 0.25) is 0 Å². The van der Waals surface area contributed by atoms with Crippen LogP contribution >= 0.6 is 0 Å². The predicted molar refractivity (Wildman–Crippen MR) is 133 cm³/mol. The topological polar surface area (TPSA) is 93.6 Å². The summed E-state index contributed by atoms with van der Waals surface area (Å²) in [6.45, 7) is 1.39. The first kappa shape index (κ1) is 26.7. The normalized spacial score (nSPS) is 12.8. The Kier molecular flexibility index (Phi) is 7.95. The first-order chi connectivity index (χ1) is 18.1. The largest absolute Gasteiger partial charge is 0.542 e. The van der Waals surface area contributed by atoms with Gasteiger partial charge in [-0.15, -0.1) is 0 Å². The minimum atomic E-state index is -5.19. The molecule has 1 N–H and O–H groups in total. The molecule has 1 aromatic heterocycles. The number of carbonyl (C=O) groups excluding carboxylic acids is 1. The second kappa shape index (κ2) is 11.3. The molecule has 1 aliphatic rings. The molecular weight excluding hydrogens is 499 g/mol. The van der Waals surface area contributed by atoms with Gasteiger partial charge in [-0.05, 0) is 53.4 Å². The average molecular weight is 524 g/mol. The van der Waals surface area contributed by atoms with Crippen molar-refractivity contribution in [3.8, 4) is 11.3 Å². The van der Waals surface area contributed by atoms with Crippen LogP contribution in [0.25, 0.3) is 22.3 Å². The van der Waals surface area contributed by atoms with Gasteiger partial charge in [0.25, 0.3) is 0 Å². The maximum atomic E-state index is 10.8. The highest BCUT2D eigenvalue weighted by Gasteiger charge is 2.28. The summed E-state index contributed by atoms with van der Waals surface area (Å²) in [7, 11) is 0. The van der Waals surface area contributed by atoms with Gasteiger partial charge in [-0.25, -0.2) is 4.58 Å². The number of benzene rings is 3. The molecule has 38 heavy (non-hydrogen) atoms. The van der Waals surface area contributed by atoms with Gasteiger partial charge in [-0.2, -0.15) is 13.2 Å². The molecule has 9 heteroatoms. The van der Waals surface area contributed by atoms with Gasteiger partial charge in [-0.3, -0.25) is 4.79 Å². The van der Waals surface area contributed by atoms with E-state index >= 15 is 0 Å². The molecule has 6 nitrogen and oxygen atoms in total. The fourth-order valence-electron chi connectivity index (χ4n) is 4.22. The summed E-state index contributed by atoms with van der Waals surface area (Å²) < 4.78 is 39.8. The highest BCUT2D eigenvalue weighted by Crippen LogP contribution is 2.30. The van der Waals surface area contributed by atoms with Crippen LogP contribution in [0.5, 0.6) is 0 Å². The minimum absolute atomic E-state index is 0.162. The Labute approximate surface area is 216 Å². The van der Waals surface area contributed by atoms with Crippen molar-refractivity contribution < 1.29 is 42.0 Å². The number of aliphatic carboxylic acids is 2. The monoisotopic (exact) mass is 523 g/mol. The molecule has 5 rings (SSSR count). The SMILES string of the molecule is O=C(O)CC[N+]1=Cc2ccc(-c3cc4cc(Cc5ccccc5)ccc4o3)cc2CC1.O=C([O-])C(F)(F)F. The summed E-state index contributed by atoms with van der Waals surface area (Å²) in [4.78, 5) is 19.6. The molecule has 4 aromatic rings. The van der Waals surface area contributed by atoms with Crippen molar-refractivity contribution in [1.29, 1.82) is 0 Å². The fourth-order valence-corrected chi connectivity index (χ4v) is 4.22. The number of fused-ring (bicyclic) bond motifs is 2. The molecular formula is C29H24F3NO5. The number of halogens is 3. The molecule has 196 valence electrons. The summed E-state index contributed by atoms with van der Waals surface area (Å²) in [5.74, 6) is -2.89. The molecule has 0 amide bonds. The molecule has 0 fully saturated rings. The number of carboxylic acids is 2. The Morgan fingerprint density at radius 1 is 0.974 bits per heavy atom. The van der Waals surface area contributed by atoms with Crippen LogP contribution in [-0.2, 0) is 22.4 Å². The van der Waals surface area contributed by atoms with Crippen LogP contribution in [0.3, 0.4) is 0 Å². The van der Waals surface area contributed by atoms with Crippen molar-refractivity contribution in [3.63, 3.8) is 0 Å². The Bertz CT molecular complexity index is 1490. The van der Waals surface area contributed by atoms with Crippen LogP contribution in [0.4, 0.5) is 13.2 Å². The molecule has 0 radical (unpaired) electrons. The van der Waals surface area contributed by atoms with E-state index in [1.165, 1.54) is 16.7 Å². The highest BCUT2D eigenvalue weighted by atomic mass is 19.4. The third kappa shape index (κ3) is 6.88. The Hall–Kier alpha value is -4.40. The van der Waals surface area contributed by atoms with Crippen LogP contribution in [0.2, 0.25) is 0 Å². The molecule has 0 aliphatic carbocycles. The van der Waals surface area contributed by atoms with Crippen molar-refractivity contribution >= 4 is 29.1 Å². The van der Waals surface area contributed by atoms with Crippen molar-refractivity contribution in [2.75, 3.05) is 13.1 Å². The van der Waals surface area contributed by atoms with E-state index in [1.807, 2.05) is 6.07 Å². The van der Waals surface area contributed by atoms with E-state index in [4.69, 9.17) is 19.4 Å². The lowest BCUT2D eigenvalue weighted by molar-refractivity contribution is -0.523. The van der Waals surface area contributed by atoms with Gasteiger partial charge < -0.3 is 19.4 Å². The molecule has 2 heterocycles. The second-order valence-corrected chi connectivity index (χ2v) is 8.90. The lowest BCUT2D eigenvalue weighted by atomic mass is 9.98. The second-order valence-electron chi connectivity index (χ2n) is 8.90. The van der Waals surface area contributed by atoms with E-state index in [2.05, 4.69) is 77.5 Å². The summed E-state index contributed by atoms with van der Waals surface area (Å²) >= 11 is 0. The van der Waals surface area contributed by atoms with Gasteiger partial charge in [0.15, 0.2) is 12.8 Å².